The summed E-state index contributed by atoms with van der Waals surface area (Å²) in [5, 5.41) is 2.47. The van der Waals surface area contributed by atoms with Crippen LogP contribution in [-0.2, 0) is 13.1 Å². The number of halogens is 1. The summed E-state index contributed by atoms with van der Waals surface area (Å²) in [5.74, 6) is -0.539. The molecule has 0 saturated carbocycles. The number of hydrogen-bond donors (Lipinski definition) is 2. The fourth-order valence-electron chi connectivity index (χ4n) is 2.13. The predicted molar refractivity (Wildman–Crippen MR) is 85.1 cm³/mol. The number of carbonyl (C=O) groups is 2. The molecule has 2 aromatic carbocycles. The van der Waals surface area contributed by atoms with Crippen LogP contribution in [0.5, 0.6) is 0 Å². The van der Waals surface area contributed by atoms with Gasteiger partial charge >= 0.3 is 6.03 Å². The molecule has 2 rings (SSSR count). The molecule has 2 aromatic rings. The zero-order valence-electron chi connectivity index (χ0n) is 12.8. The average Bonchev–Trinajstić information content (AvgIpc) is 2.54. The van der Waals surface area contributed by atoms with Crippen LogP contribution in [0.4, 0.5) is 9.18 Å². The molecule has 3 N–H and O–H groups in total. The number of nitrogens with two attached hydrogens (primary N) is 1. The van der Waals surface area contributed by atoms with Gasteiger partial charge in [-0.3, -0.25) is 4.79 Å². The number of hydrogen-bond acceptors (Lipinski definition) is 2. The predicted octanol–water partition coefficient (Wildman–Crippen LogP) is 2.27. The Morgan fingerprint density at radius 2 is 1.78 bits per heavy atom. The molecule has 0 bridgehead atoms. The molecule has 5 nitrogen and oxygen atoms in total. The number of urea groups is 1. The standard InChI is InChI=1S/C17H18FN3O2/c1-21(11-14-4-2-3-5-15(14)18)16(22)13-8-6-12(7-9-13)10-20-17(19)23/h2-9H,10-11H2,1H3,(H3,19,20,23). The Bertz CT molecular complexity index is 701. The lowest BCUT2D eigenvalue weighted by atomic mass is 10.1. The minimum absolute atomic E-state index is 0.191. The summed E-state index contributed by atoms with van der Waals surface area (Å²) >= 11 is 0. The van der Waals surface area contributed by atoms with Crippen LogP contribution in [0.1, 0.15) is 21.5 Å². The van der Waals surface area contributed by atoms with Crippen molar-refractivity contribution >= 4 is 11.9 Å². The van der Waals surface area contributed by atoms with Crippen LogP contribution in [0.2, 0.25) is 0 Å². The van der Waals surface area contributed by atoms with Crippen molar-refractivity contribution in [1.29, 1.82) is 0 Å². The van der Waals surface area contributed by atoms with Gasteiger partial charge in [-0.25, -0.2) is 9.18 Å². The van der Waals surface area contributed by atoms with Gasteiger partial charge < -0.3 is 16.0 Å². The Balaban J connectivity index is 2.02. The largest absolute Gasteiger partial charge is 0.352 e. The van der Waals surface area contributed by atoms with E-state index in [4.69, 9.17) is 5.73 Å². The van der Waals surface area contributed by atoms with Crippen LogP contribution in [-0.4, -0.2) is 23.9 Å². The molecule has 0 saturated heterocycles. The van der Waals surface area contributed by atoms with E-state index in [1.54, 1.807) is 49.5 Å². The van der Waals surface area contributed by atoms with Crippen LogP contribution in [0.15, 0.2) is 48.5 Å². The number of carbonyl (C=O) groups excluding carboxylic acids is 2. The number of nitrogens with zero attached hydrogens (tertiary/aromatic N) is 1. The summed E-state index contributed by atoms with van der Waals surface area (Å²) in [4.78, 5) is 24.5. The quantitative estimate of drug-likeness (QED) is 0.888. The minimum Gasteiger partial charge on any atom is -0.352 e. The van der Waals surface area contributed by atoms with Crippen LogP contribution in [0.3, 0.4) is 0 Å². The van der Waals surface area contributed by atoms with E-state index in [1.165, 1.54) is 11.0 Å². The van der Waals surface area contributed by atoms with Gasteiger partial charge in [0.05, 0.1) is 0 Å². The van der Waals surface area contributed by atoms with E-state index in [1.807, 2.05) is 0 Å². The van der Waals surface area contributed by atoms with Gasteiger partial charge in [-0.15, -0.1) is 0 Å². The molecule has 120 valence electrons. The van der Waals surface area contributed by atoms with Crippen molar-refractivity contribution in [3.05, 3.63) is 71.0 Å². The maximum absolute atomic E-state index is 13.6. The monoisotopic (exact) mass is 315 g/mol. The second-order valence-electron chi connectivity index (χ2n) is 5.17. The number of nitrogens with one attached hydrogen (secondary N) is 1. The zero-order chi connectivity index (χ0) is 16.8. The van der Waals surface area contributed by atoms with Crippen LogP contribution >= 0.6 is 0 Å². The summed E-state index contributed by atoms with van der Waals surface area (Å²) in [5.41, 5.74) is 6.79. The fraction of sp³-hybridized carbons (Fsp3) is 0.176. The summed E-state index contributed by atoms with van der Waals surface area (Å²) in [6.45, 7) is 0.491. The maximum Gasteiger partial charge on any atom is 0.312 e. The molecule has 0 aliphatic rings. The van der Waals surface area contributed by atoms with Crippen LogP contribution < -0.4 is 11.1 Å². The van der Waals surface area contributed by atoms with Crippen molar-refractivity contribution in [2.75, 3.05) is 7.05 Å². The Labute approximate surface area is 133 Å². The molecule has 0 aliphatic heterocycles. The summed E-state index contributed by atoms with van der Waals surface area (Å²) in [7, 11) is 1.62. The number of benzene rings is 2. The van der Waals surface area contributed by atoms with Gasteiger partial charge in [0.2, 0.25) is 0 Å². The summed E-state index contributed by atoms with van der Waals surface area (Å²) in [6, 6.07) is 12.6. The molecular weight excluding hydrogens is 297 g/mol. The first-order chi connectivity index (χ1) is 11.0. The molecule has 6 heteroatoms. The molecule has 0 fully saturated rings. The molecular formula is C17H18FN3O2. The molecule has 0 unspecified atom stereocenters. The molecule has 0 heterocycles. The van der Waals surface area contributed by atoms with E-state index < -0.39 is 6.03 Å². The number of rotatable bonds is 5. The van der Waals surface area contributed by atoms with E-state index in [2.05, 4.69) is 5.32 Å². The van der Waals surface area contributed by atoms with Crippen molar-refractivity contribution in [3.8, 4) is 0 Å². The van der Waals surface area contributed by atoms with E-state index >= 15 is 0 Å². The average molecular weight is 315 g/mol. The van der Waals surface area contributed by atoms with Crippen molar-refractivity contribution < 1.29 is 14.0 Å². The van der Waals surface area contributed by atoms with Crippen LogP contribution in [0.25, 0.3) is 0 Å². The van der Waals surface area contributed by atoms with E-state index in [0.717, 1.165) is 5.56 Å². The Morgan fingerprint density at radius 3 is 2.39 bits per heavy atom. The lowest BCUT2D eigenvalue weighted by Gasteiger charge is -2.18. The molecule has 0 radical (unpaired) electrons. The van der Waals surface area contributed by atoms with Gasteiger partial charge in [0.1, 0.15) is 5.82 Å². The molecule has 23 heavy (non-hydrogen) atoms. The van der Waals surface area contributed by atoms with Crippen molar-refractivity contribution in [3.63, 3.8) is 0 Å². The van der Waals surface area contributed by atoms with Gasteiger partial charge in [-0.1, -0.05) is 30.3 Å². The van der Waals surface area contributed by atoms with Crippen molar-refractivity contribution in [2.24, 2.45) is 5.73 Å². The summed E-state index contributed by atoms with van der Waals surface area (Å²) in [6.07, 6.45) is 0. The zero-order valence-corrected chi connectivity index (χ0v) is 12.8. The minimum atomic E-state index is -0.602. The second-order valence-corrected chi connectivity index (χ2v) is 5.17. The highest BCUT2D eigenvalue weighted by Gasteiger charge is 2.13. The first-order valence-electron chi connectivity index (χ1n) is 7.08. The highest BCUT2D eigenvalue weighted by Crippen LogP contribution is 2.12. The van der Waals surface area contributed by atoms with Crippen LogP contribution in [0, 0.1) is 5.82 Å². The van der Waals surface area contributed by atoms with Crippen molar-refractivity contribution in [1.82, 2.24) is 10.2 Å². The van der Waals surface area contributed by atoms with Gasteiger partial charge in [0.25, 0.3) is 5.91 Å². The van der Waals surface area contributed by atoms with Crippen molar-refractivity contribution in [2.45, 2.75) is 13.1 Å². The number of primary amides is 1. The highest BCUT2D eigenvalue weighted by atomic mass is 19.1. The van der Waals surface area contributed by atoms with Gasteiger partial charge in [0.15, 0.2) is 0 Å². The SMILES string of the molecule is CN(Cc1ccccc1F)C(=O)c1ccc(CNC(N)=O)cc1. The molecule has 0 aromatic heterocycles. The number of amides is 3. The second kappa shape index (κ2) is 7.40. The third-order valence-corrected chi connectivity index (χ3v) is 3.38. The van der Waals surface area contributed by atoms with E-state index in [9.17, 15) is 14.0 Å². The van der Waals surface area contributed by atoms with Gasteiger partial charge in [0, 0.05) is 31.3 Å². The Morgan fingerprint density at radius 1 is 1.13 bits per heavy atom. The first-order valence-corrected chi connectivity index (χ1v) is 7.08. The van der Waals surface area contributed by atoms with Gasteiger partial charge in [-0.05, 0) is 23.8 Å². The van der Waals surface area contributed by atoms with E-state index in [-0.39, 0.29) is 18.3 Å². The summed E-state index contributed by atoms with van der Waals surface area (Å²) < 4.78 is 13.6. The fourth-order valence-corrected chi connectivity index (χ4v) is 2.13. The third-order valence-electron chi connectivity index (χ3n) is 3.38. The normalized spacial score (nSPS) is 10.2. The molecule has 0 aliphatic carbocycles. The lowest BCUT2D eigenvalue weighted by molar-refractivity contribution is 0.0784. The topological polar surface area (TPSA) is 75.4 Å². The van der Waals surface area contributed by atoms with Gasteiger partial charge in [-0.2, -0.15) is 0 Å². The highest BCUT2D eigenvalue weighted by molar-refractivity contribution is 5.94. The first kappa shape index (κ1) is 16.5. The van der Waals surface area contributed by atoms with E-state index in [0.29, 0.717) is 17.7 Å². The maximum atomic E-state index is 13.6. The molecule has 3 amide bonds. The molecule has 0 spiro atoms. The smallest absolute Gasteiger partial charge is 0.312 e. The Kier molecular flexibility index (Phi) is 5.30. The Hall–Kier alpha value is -2.89. The third kappa shape index (κ3) is 4.54. The molecule has 0 atom stereocenters. The lowest BCUT2D eigenvalue weighted by Crippen LogP contribution is -2.28.